The molecule has 118 valence electrons. The Hall–Kier alpha value is -2.57. The van der Waals surface area contributed by atoms with Crippen molar-refractivity contribution >= 4 is 23.5 Å². The molecule has 2 rings (SSSR count). The van der Waals surface area contributed by atoms with Crippen LogP contribution in [0.4, 0.5) is 5.69 Å². The van der Waals surface area contributed by atoms with Gasteiger partial charge in [-0.2, -0.15) is 0 Å². The van der Waals surface area contributed by atoms with E-state index in [9.17, 15) is 14.4 Å². The van der Waals surface area contributed by atoms with Crippen LogP contribution in [-0.4, -0.2) is 42.1 Å². The fraction of sp³-hybridized carbons (Fsp3) is 0.400. The largest absolute Gasteiger partial charge is 0.482 e. The van der Waals surface area contributed by atoms with Gasteiger partial charge in [0.15, 0.2) is 6.61 Å². The maximum Gasteiger partial charge on any atom is 0.326 e. The lowest BCUT2D eigenvalue weighted by Crippen LogP contribution is -2.49. The molecule has 1 unspecified atom stereocenters. The average molecular weight is 306 g/mol. The molecule has 7 nitrogen and oxygen atoms in total. The zero-order chi connectivity index (χ0) is 16.3. The number of anilines is 1. The first-order valence-corrected chi connectivity index (χ1v) is 6.98. The van der Waals surface area contributed by atoms with E-state index in [0.717, 1.165) is 5.56 Å². The van der Waals surface area contributed by atoms with E-state index in [1.54, 1.807) is 19.1 Å². The molecule has 1 atom stereocenters. The highest BCUT2D eigenvalue weighted by Crippen LogP contribution is 2.32. The molecule has 1 aromatic carbocycles. The number of nitrogens with zero attached hydrogens (tertiary/aromatic N) is 1. The molecule has 1 heterocycles. The molecule has 0 bridgehead atoms. The smallest absolute Gasteiger partial charge is 0.326 e. The minimum atomic E-state index is -1.10. The minimum Gasteiger partial charge on any atom is -0.482 e. The number of carbonyl (C=O) groups excluding carboxylic acids is 2. The van der Waals surface area contributed by atoms with Crippen molar-refractivity contribution in [3.8, 4) is 5.75 Å². The van der Waals surface area contributed by atoms with Crippen LogP contribution in [-0.2, 0) is 14.4 Å². The van der Waals surface area contributed by atoms with Crippen molar-refractivity contribution in [3.63, 3.8) is 0 Å². The van der Waals surface area contributed by atoms with Crippen LogP contribution in [0, 0.1) is 6.92 Å². The van der Waals surface area contributed by atoms with Crippen LogP contribution in [0.15, 0.2) is 18.2 Å². The van der Waals surface area contributed by atoms with Crippen LogP contribution < -0.4 is 15.0 Å². The quantitative estimate of drug-likeness (QED) is 0.835. The van der Waals surface area contributed by atoms with Crippen LogP contribution in [0.1, 0.15) is 18.9 Å². The Morgan fingerprint density at radius 1 is 1.45 bits per heavy atom. The van der Waals surface area contributed by atoms with Crippen molar-refractivity contribution < 1.29 is 24.2 Å². The molecule has 1 aliphatic rings. The Bertz CT molecular complexity index is 614. The summed E-state index contributed by atoms with van der Waals surface area (Å²) in [5.41, 5.74) is 1.45. The average Bonchev–Trinajstić information content (AvgIpc) is 2.47. The number of carbonyl (C=O) groups is 3. The highest BCUT2D eigenvalue weighted by Gasteiger charge is 2.28. The first-order valence-electron chi connectivity index (χ1n) is 6.98. The molecule has 0 spiro atoms. The summed E-state index contributed by atoms with van der Waals surface area (Å²) in [6, 6.07) is 4.40. The predicted octanol–water partition coefficient (Wildman–Crippen LogP) is 0.700. The summed E-state index contributed by atoms with van der Waals surface area (Å²) in [5, 5.41) is 11.4. The maximum absolute atomic E-state index is 12.0. The SMILES string of the molecule is CCC(NC(=O)CN1C(=O)COc2ccc(C)cc21)C(=O)O. The number of carboxylic acids is 1. The number of ether oxygens (including phenoxy) is 1. The predicted molar refractivity (Wildman–Crippen MR) is 78.9 cm³/mol. The molecule has 7 heteroatoms. The van der Waals surface area contributed by atoms with Gasteiger partial charge >= 0.3 is 5.97 Å². The molecule has 0 radical (unpaired) electrons. The van der Waals surface area contributed by atoms with Gasteiger partial charge in [-0.25, -0.2) is 4.79 Å². The van der Waals surface area contributed by atoms with E-state index < -0.39 is 17.9 Å². The number of amides is 2. The zero-order valence-electron chi connectivity index (χ0n) is 12.5. The van der Waals surface area contributed by atoms with Crippen LogP contribution in [0.25, 0.3) is 0 Å². The molecule has 0 saturated carbocycles. The van der Waals surface area contributed by atoms with E-state index in [1.807, 2.05) is 13.0 Å². The highest BCUT2D eigenvalue weighted by molar-refractivity contribution is 6.02. The number of nitrogens with one attached hydrogen (secondary N) is 1. The number of aryl methyl sites for hydroxylation is 1. The Morgan fingerprint density at radius 2 is 2.18 bits per heavy atom. The van der Waals surface area contributed by atoms with E-state index in [2.05, 4.69) is 5.32 Å². The molecule has 1 aliphatic heterocycles. The third-order valence-electron chi connectivity index (χ3n) is 3.40. The van der Waals surface area contributed by atoms with Crippen LogP contribution in [0.5, 0.6) is 5.75 Å². The van der Waals surface area contributed by atoms with Crippen molar-refractivity contribution in [3.05, 3.63) is 23.8 Å². The van der Waals surface area contributed by atoms with Gasteiger partial charge in [0, 0.05) is 0 Å². The monoisotopic (exact) mass is 306 g/mol. The molecular formula is C15H18N2O5. The van der Waals surface area contributed by atoms with Gasteiger partial charge in [0.05, 0.1) is 5.69 Å². The summed E-state index contributed by atoms with van der Waals surface area (Å²) in [6.07, 6.45) is 0.272. The van der Waals surface area contributed by atoms with Crippen molar-refractivity contribution in [1.82, 2.24) is 5.32 Å². The Kier molecular flexibility index (Phi) is 4.65. The second-order valence-electron chi connectivity index (χ2n) is 5.11. The third kappa shape index (κ3) is 3.36. The molecule has 0 fully saturated rings. The van der Waals surface area contributed by atoms with Gasteiger partial charge in [-0.3, -0.25) is 14.5 Å². The Morgan fingerprint density at radius 3 is 2.82 bits per heavy atom. The molecule has 1 aromatic rings. The van der Waals surface area contributed by atoms with E-state index >= 15 is 0 Å². The number of hydrogen-bond donors (Lipinski definition) is 2. The summed E-state index contributed by atoms with van der Waals surface area (Å²) < 4.78 is 5.33. The van der Waals surface area contributed by atoms with Crippen molar-refractivity contribution in [2.45, 2.75) is 26.3 Å². The maximum atomic E-state index is 12.0. The van der Waals surface area contributed by atoms with Gasteiger partial charge in [0.25, 0.3) is 5.91 Å². The Balaban J connectivity index is 2.15. The standard InChI is InChI=1S/C15H18N2O5/c1-3-10(15(20)21)16-13(18)7-17-11-6-9(2)4-5-12(11)22-8-14(17)19/h4-6,10H,3,7-8H2,1-2H3,(H,16,18)(H,20,21). The summed E-state index contributed by atoms with van der Waals surface area (Å²) in [6.45, 7) is 3.16. The van der Waals surface area contributed by atoms with E-state index in [-0.39, 0.29) is 25.5 Å². The number of carboxylic acid groups (broad SMARTS) is 1. The lowest BCUT2D eigenvalue weighted by molar-refractivity contribution is -0.141. The van der Waals surface area contributed by atoms with Crippen molar-refractivity contribution in [1.29, 1.82) is 0 Å². The number of fused-ring (bicyclic) bond motifs is 1. The molecule has 2 amide bonds. The van der Waals surface area contributed by atoms with Gasteiger partial charge < -0.3 is 15.2 Å². The Labute approximate surface area is 127 Å². The summed E-state index contributed by atoms with van der Waals surface area (Å²) >= 11 is 0. The number of hydrogen-bond acceptors (Lipinski definition) is 4. The first-order chi connectivity index (χ1) is 10.4. The summed E-state index contributed by atoms with van der Waals surface area (Å²) in [5.74, 6) is -1.42. The van der Waals surface area contributed by atoms with E-state index in [0.29, 0.717) is 11.4 Å². The van der Waals surface area contributed by atoms with Crippen LogP contribution in [0.3, 0.4) is 0 Å². The molecule has 0 aromatic heterocycles. The minimum absolute atomic E-state index is 0.139. The fourth-order valence-corrected chi connectivity index (χ4v) is 2.21. The summed E-state index contributed by atoms with van der Waals surface area (Å²) in [7, 11) is 0. The van der Waals surface area contributed by atoms with Gasteiger partial charge in [-0.1, -0.05) is 13.0 Å². The van der Waals surface area contributed by atoms with E-state index in [4.69, 9.17) is 9.84 Å². The lowest BCUT2D eigenvalue weighted by Gasteiger charge is -2.29. The zero-order valence-corrected chi connectivity index (χ0v) is 12.5. The van der Waals surface area contributed by atoms with Gasteiger partial charge in [0.2, 0.25) is 5.91 Å². The van der Waals surface area contributed by atoms with Gasteiger partial charge in [0.1, 0.15) is 18.3 Å². The number of rotatable bonds is 5. The van der Waals surface area contributed by atoms with Crippen LogP contribution >= 0.6 is 0 Å². The summed E-state index contributed by atoms with van der Waals surface area (Å²) in [4.78, 5) is 36.3. The topological polar surface area (TPSA) is 95.9 Å². The van der Waals surface area contributed by atoms with E-state index in [1.165, 1.54) is 4.90 Å². The van der Waals surface area contributed by atoms with Crippen molar-refractivity contribution in [2.75, 3.05) is 18.1 Å². The second kappa shape index (κ2) is 6.46. The number of aliphatic carboxylic acids is 1. The molecule has 0 saturated heterocycles. The second-order valence-corrected chi connectivity index (χ2v) is 5.11. The van der Waals surface area contributed by atoms with Gasteiger partial charge in [-0.05, 0) is 31.0 Å². The van der Waals surface area contributed by atoms with Crippen LogP contribution in [0.2, 0.25) is 0 Å². The van der Waals surface area contributed by atoms with Crippen molar-refractivity contribution in [2.24, 2.45) is 0 Å². The third-order valence-corrected chi connectivity index (χ3v) is 3.40. The lowest BCUT2D eigenvalue weighted by atomic mass is 10.1. The molecule has 22 heavy (non-hydrogen) atoms. The van der Waals surface area contributed by atoms with Gasteiger partial charge in [-0.15, -0.1) is 0 Å². The molecule has 0 aliphatic carbocycles. The first kappa shape index (κ1) is 15.8. The fourth-order valence-electron chi connectivity index (χ4n) is 2.21. The normalized spacial score (nSPS) is 14.8. The molecule has 2 N–H and O–H groups in total. The molecular weight excluding hydrogens is 288 g/mol. The highest BCUT2D eigenvalue weighted by atomic mass is 16.5. The number of benzene rings is 1.